The van der Waals surface area contributed by atoms with Gasteiger partial charge < -0.3 is 0 Å². The van der Waals surface area contributed by atoms with Gasteiger partial charge >= 0.3 is 0 Å². The first-order valence-corrected chi connectivity index (χ1v) is 4.09. The van der Waals surface area contributed by atoms with Crippen LogP contribution in [0.5, 0.6) is 0 Å². The van der Waals surface area contributed by atoms with Crippen LogP contribution < -0.4 is 5.14 Å². The Morgan fingerprint density at radius 1 is 1.25 bits per heavy atom. The van der Waals surface area contributed by atoms with Crippen LogP contribution in [0.15, 0.2) is 29.4 Å². The smallest absolute Gasteiger partial charge is 0.243 e. The Labute approximate surface area is 83.1 Å². The van der Waals surface area contributed by atoms with Gasteiger partial charge in [0.25, 0.3) is 10.0 Å². The Morgan fingerprint density at radius 3 is 2.08 bits per heavy atom. The molecule has 0 saturated carbocycles. The van der Waals surface area contributed by atoms with Gasteiger partial charge in [0, 0.05) is 6.20 Å². The number of nitrogens with two attached hydrogens (primary N) is 1. The largest absolute Gasteiger partial charge is 0.255 e. The lowest BCUT2D eigenvalue weighted by Crippen LogP contribution is -2.13. The van der Waals surface area contributed by atoms with Crippen LogP contribution in [0.25, 0.3) is 0 Å². The summed E-state index contributed by atoms with van der Waals surface area (Å²) in [6, 6.07) is 4.52. The number of primary sulfonamides is 1. The Morgan fingerprint density at radius 2 is 1.83 bits per heavy atom. The van der Waals surface area contributed by atoms with E-state index in [1.165, 1.54) is 12.3 Å². The molecule has 0 spiro atoms. The minimum absolute atomic E-state index is 0. The third-order valence-electron chi connectivity index (χ3n) is 0.929. The lowest BCUT2D eigenvalue weighted by atomic mass is 10.5. The Kier molecular flexibility index (Phi) is 6.28. The second kappa shape index (κ2) is 5.31. The molecule has 0 aliphatic heterocycles. The monoisotopic (exact) mass is 230 g/mol. The van der Waals surface area contributed by atoms with E-state index in [0.717, 1.165) is 0 Å². The maximum Gasteiger partial charge on any atom is 0.255 e. The van der Waals surface area contributed by atoms with Crippen molar-refractivity contribution >= 4 is 34.8 Å². The zero-order valence-electron chi connectivity index (χ0n) is 5.88. The van der Waals surface area contributed by atoms with Gasteiger partial charge in [0.1, 0.15) is 0 Å². The summed E-state index contributed by atoms with van der Waals surface area (Å²) in [5, 5.41) is 4.66. The molecule has 7 heteroatoms. The molecule has 1 rings (SSSR count). The van der Waals surface area contributed by atoms with Gasteiger partial charge in [-0.3, -0.25) is 0 Å². The summed E-state index contributed by atoms with van der Waals surface area (Å²) in [7, 11) is -3.61. The van der Waals surface area contributed by atoms with Crippen molar-refractivity contribution in [2.45, 2.75) is 5.03 Å². The van der Waals surface area contributed by atoms with Crippen molar-refractivity contribution in [3.8, 4) is 0 Å². The number of sulfonamides is 1. The zero-order valence-corrected chi connectivity index (χ0v) is 8.32. The lowest BCUT2D eigenvalue weighted by Gasteiger charge is -1.92. The maximum absolute atomic E-state index is 10.5. The number of aromatic nitrogens is 1. The van der Waals surface area contributed by atoms with Crippen molar-refractivity contribution in [3.05, 3.63) is 24.4 Å². The predicted molar refractivity (Wildman–Crippen MR) is 50.1 cm³/mol. The Bertz CT molecular complexity index is 313. The summed E-state index contributed by atoms with van der Waals surface area (Å²) in [5.74, 6) is 0. The lowest BCUT2D eigenvalue weighted by molar-refractivity contribution is 0.594. The zero-order chi connectivity index (χ0) is 7.61. The van der Waals surface area contributed by atoms with E-state index >= 15 is 0 Å². The van der Waals surface area contributed by atoms with Gasteiger partial charge in [-0.2, -0.15) is 0 Å². The van der Waals surface area contributed by atoms with Gasteiger partial charge in [0.05, 0.1) is 0 Å². The molecule has 0 unspecified atom stereocenters. The van der Waals surface area contributed by atoms with Crippen LogP contribution in [0.3, 0.4) is 0 Å². The van der Waals surface area contributed by atoms with Crippen LogP contribution in [0.4, 0.5) is 0 Å². The molecule has 2 N–H and O–H groups in total. The summed E-state index contributed by atoms with van der Waals surface area (Å²) >= 11 is 0. The molecule has 0 amide bonds. The first-order valence-electron chi connectivity index (χ1n) is 2.54. The molecule has 0 fully saturated rings. The maximum atomic E-state index is 10.5. The average molecular weight is 231 g/mol. The summed E-state index contributed by atoms with van der Waals surface area (Å²) in [6.45, 7) is 0. The van der Waals surface area contributed by atoms with Gasteiger partial charge in [0.2, 0.25) is 0 Å². The SMILES string of the molecule is Cl.Cl.NS(=O)(=O)c1ccccn1. The fraction of sp³-hybridized carbons (Fsp3) is 0. The predicted octanol–water partition coefficient (Wildman–Crippen LogP) is 0.573. The van der Waals surface area contributed by atoms with Gasteiger partial charge in [-0.05, 0) is 12.1 Å². The molecule has 4 nitrogen and oxygen atoms in total. The third-order valence-corrected chi connectivity index (χ3v) is 1.75. The van der Waals surface area contributed by atoms with E-state index in [1.54, 1.807) is 12.1 Å². The molecule has 70 valence electrons. The van der Waals surface area contributed by atoms with E-state index in [1.807, 2.05) is 0 Å². The van der Waals surface area contributed by atoms with E-state index in [2.05, 4.69) is 4.98 Å². The average Bonchev–Trinajstić information content (AvgIpc) is 1.88. The molecule has 0 aliphatic rings. The molecule has 0 saturated heterocycles. The van der Waals surface area contributed by atoms with E-state index in [4.69, 9.17) is 5.14 Å². The number of hydrogen-bond acceptors (Lipinski definition) is 3. The van der Waals surface area contributed by atoms with Crippen LogP contribution in [-0.2, 0) is 10.0 Å². The van der Waals surface area contributed by atoms with Gasteiger partial charge in [-0.25, -0.2) is 18.5 Å². The van der Waals surface area contributed by atoms with Gasteiger partial charge in [-0.1, -0.05) is 6.07 Å². The Hall–Kier alpha value is -0.360. The number of rotatable bonds is 1. The molecule has 0 atom stereocenters. The van der Waals surface area contributed by atoms with E-state index in [0.29, 0.717) is 0 Å². The summed E-state index contributed by atoms with van der Waals surface area (Å²) in [6.07, 6.45) is 1.37. The Balaban J connectivity index is 0. The first kappa shape index (κ1) is 14.2. The van der Waals surface area contributed by atoms with E-state index in [9.17, 15) is 8.42 Å². The molecule has 1 heterocycles. The van der Waals surface area contributed by atoms with Crippen molar-refractivity contribution in [2.24, 2.45) is 5.14 Å². The molecular formula is C5H8Cl2N2O2S. The second-order valence-corrected chi connectivity index (χ2v) is 3.22. The first-order chi connectivity index (χ1) is 4.61. The summed E-state index contributed by atoms with van der Waals surface area (Å²) in [5.41, 5.74) is 0. The molecule has 0 aliphatic carbocycles. The number of pyridine rings is 1. The highest BCUT2D eigenvalue weighted by Gasteiger charge is 2.05. The van der Waals surface area contributed by atoms with Crippen molar-refractivity contribution in [1.82, 2.24) is 4.98 Å². The minimum Gasteiger partial charge on any atom is -0.243 e. The van der Waals surface area contributed by atoms with Crippen molar-refractivity contribution in [2.75, 3.05) is 0 Å². The van der Waals surface area contributed by atoms with Crippen molar-refractivity contribution in [3.63, 3.8) is 0 Å². The van der Waals surface area contributed by atoms with Crippen LogP contribution in [-0.4, -0.2) is 13.4 Å². The highest BCUT2D eigenvalue weighted by Crippen LogP contribution is 1.98. The molecule has 0 bridgehead atoms. The summed E-state index contributed by atoms with van der Waals surface area (Å²) in [4.78, 5) is 3.54. The highest BCUT2D eigenvalue weighted by molar-refractivity contribution is 7.89. The fourth-order valence-electron chi connectivity index (χ4n) is 0.515. The molecular weight excluding hydrogens is 223 g/mol. The number of halogens is 2. The van der Waals surface area contributed by atoms with Crippen molar-refractivity contribution < 1.29 is 8.42 Å². The second-order valence-electron chi connectivity index (χ2n) is 1.71. The van der Waals surface area contributed by atoms with Crippen LogP contribution in [0, 0.1) is 0 Å². The highest BCUT2D eigenvalue weighted by atomic mass is 35.5. The normalized spacial score (nSPS) is 9.42. The molecule has 1 aromatic rings. The quantitative estimate of drug-likeness (QED) is 0.767. The van der Waals surface area contributed by atoms with E-state index < -0.39 is 10.0 Å². The fourth-order valence-corrected chi connectivity index (χ4v) is 0.991. The van der Waals surface area contributed by atoms with Crippen LogP contribution >= 0.6 is 24.8 Å². The number of nitrogens with zero attached hydrogens (tertiary/aromatic N) is 1. The standard InChI is InChI=1S/C5H6N2O2S.2ClH/c6-10(8,9)5-3-1-2-4-7-5;;/h1-4H,(H2,6,8,9);2*1H. The van der Waals surface area contributed by atoms with Gasteiger partial charge in [0.15, 0.2) is 5.03 Å². The van der Waals surface area contributed by atoms with Crippen LogP contribution in [0.2, 0.25) is 0 Å². The van der Waals surface area contributed by atoms with Crippen molar-refractivity contribution in [1.29, 1.82) is 0 Å². The summed E-state index contributed by atoms with van der Waals surface area (Å²) < 4.78 is 21.1. The topological polar surface area (TPSA) is 73.1 Å². The molecule has 12 heavy (non-hydrogen) atoms. The van der Waals surface area contributed by atoms with Gasteiger partial charge in [-0.15, -0.1) is 24.8 Å². The molecule has 1 aromatic heterocycles. The third kappa shape index (κ3) is 3.87. The van der Waals surface area contributed by atoms with Crippen LogP contribution in [0.1, 0.15) is 0 Å². The minimum atomic E-state index is -3.61. The molecule has 0 radical (unpaired) electrons. The van der Waals surface area contributed by atoms with E-state index in [-0.39, 0.29) is 29.8 Å². The number of hydrogen-bond donors (Lipinski definition) is 1. The molecule has 0 aromatic carbocycles.